The Bertz CT molecular complexity index is 907. The second-order valence-electron chi connectivity index (χ2n) is 6.12. The smallest absolute Gasteiger partial charge is 0.339 e. The third-order valence-electron chi connectivity index (χ3n) is 4.03. The van der Waals surface area contributed by atoms with Gasteiger partial charge in [0.2, 0.25) is 0 Å². The molecular weight excluding hydrogens is 399 g/mol. The quantitative estimate of drug-likeness (QED) is 0.527. The van der Waals surface area contributed by atoms with Crippen LogP contribution in [0.1, 0.15) is 22.8 Å². The van der Waals surface area contributed by atoms with E-state index < -0.39 is 12.1 Å². The molecule has 0 spiro atoms. The molecule has 4 nitrogen and oxygen atoms in total. The Balaban J connectivity index is 1.52. The van der Waals surface area contributed by atoms with Crippen LogP contribution in [0, 0.1) is 0 Å². The van der Waals surface area contributed by atoms with Crippen molar-refractivity contribution >= 4 is 29.2 Å². The monoisotopic (exact) mass is 416 g/mol. The fourth-order valence-electron chi connectivity index (χ4n) is 2.44. The first-order valence-corrected chi connectivity index (χ1v) is 9.33. The average Bonchev–Trinajstić information content (AvgIpc) is 2.72. The van der Waals surface area contributed by atoms with E-state index in [1.54, 1.807) is 60.7 Å². The molecule has 0 fully saturated rings. The number of aliphatic hydroxyl groups excluding tert-OH is 1. The number of carbonyl (C=O) groups excluding carboxylic acids is 1. The zero-order valence-corrected chi connectivity index (χ0v) is 16.4. The summed E-state index contributed by atoms with van der Waals surface area (Å²) in [6.45, 7) is 0.456. The van der Waals surface area contributed by atoms with E-state index in [0.717, 1.165) is 11.1 Å². The predicted octanol–water partition coefficient (Wildman–Crippen LogP) is 5.35. The zero-order chi connectivity index (χ0) is 19.9. The van der Waals surface area contributed by atoms with Crippen molar-refractivity contribution < 1.29 is 19.4 Å². The molecule has 28 heavy (non-hydrogen) atoms. The Morgan fingerprint density at radius 3 is 1.82 bits per heavy atom. The number of hydrogen-bond acceptors (Lipinski definition) is 4. The Labute approximate surface area is 173 Å². The summed E-state index contributed by atoms with van der Waals surface area (Å²) in [5.74, 6) is -0.0924. The van der Waals surface area contributed by atoms with Gasteiger partial charge in [-0.2, -0.15) is 0 Å². The normalized spacial score (nSPS) is 11.7. The average molecular weight is 417 g/mol. The van der Waals surface area contributed by atoms with E-state index in [-0.39, 0.29) is 6.61 Å². The van der Waals surface area contributed by atoms with E-state index in [2.05, 4.69) is 0 Å². The lowest BCUT2D eigenvalue weighted by molar-refractivity contribution is -0.155. The van der Waals surface area contributed by atoms with Crippen molar-refractivity contribution in [1.29, 1.82) is 0 Å². The van der Waals surface area contributed by atoms with Crippen LogP contribution in [-0.4, -0.2) is 11.1 Å². The minimum atomic E-state index is -1.36. The van der Waals surface area contributed by atoms with Crippen LogP contribution in [-0.2, 0) is 22.7 Å². The Morgan fingerprint density at radius 2 is 1.29 bits per heavy atom. The molecule has 0 aliphatic carbocycles. The molecule has 0 bridgehead atoms. The molecule has 3 rings (SSSR count). The van der Waals surface area contributed by atoms with Gasteiger partial charge >= 0.3 is 5.97 Å². The molecule has 0 amide bonds. The maximum atomic E-state index is 12.1. The van der Waals surface area contributed by atoms with Gasteiger partial charge in [-0.3, -0.25) is 0 Å². The van der Waals surface area contributed by atoms with Gasteiger partial charge in [0.1, 0.15) is 19.0 Å². The van der Waals surface area contributed by atoms with E-state index in [1.807, 2.05) is 12.1 Å². The summed E-state index contributed by atoms with van der Waals surface area (Å²) in [5, 5.41) is 11.5. The summed E-state index contributed by atoms with van der Waals surface area (Å²) in [6.07, 6.45) is -1.36. The van der Waals surface area contributed by atoms with Crippen molar-refractivity contribution in [2.24, 2.45) is 0 Å². The number of carbonyl (C=O) groups is 1. The van der Waals surface area contributed by atoms with Gasteiger partial charge in [-0.1, -0.05) is 59.6 Å². The highest BCUT2D eigenvalue weighted by Gasteiger charge is 2.19. The third kappa shape index (κ3) is 5.73. The lowest BCUT2D eigenvalue weighted by Gasteiger charge is -2.12. The van der Waals surface area contributed by atoms with Gasteiger partial charge in [-0.05, 0) is 53.1 Å². The Kier molecular flexibility index (Phi) is 6.93. The van der Waals surface area contributed by atoms with Crippen molar-refractivity contribution in [3.05, 3.63) is 99.5 Å². The minimum absolute atomic E-state index is 0.0648. The molecule has 3 aromatic rings. The van der Waals surface area contributed by atoms with Crippen molar-refractivity contribution in [1.82, 2.24) is 0 Å². The van der Waals surface area contributed by atoms with Gasteiger partial charge in [0.25, 0.3) is 0 Å². The molecule has 144 valence electrons. The van der Waals surface area contributed by atoms with Gasteiger partial charge in [0.05, 0.1) is 0 Å². The van der Waals surface area contributed by atoms with Crippen LogP contribution in [0.3, 0.4) is 0 Å². The van der Waals surface area contributed by atoms with E-state index >= 15 is 0 Å². The summed E-state index contributed by atoms with van der Waals surface area (Å²) in [7, 11) is 0. The Morgan fingerprint density at radius 1 is 0.786 bits per heavy atom. The topological polar surface area (TPSA) is 55.8 Å². The molecule has 3 aromatic carbocycles. The van der Waals surface area contributed by atoms with Crippen molar-refractivity contribution in [3.8, 4) is 5.75 Å². The first-order valence-electron chi connectivity index (χ1n) is 8.57. The second kappa shape index (κ2) is 9.60. The number of esters is 1. The molecule has 6 heteroatoms. The number of halogens is 2. The summed E-state index contributed by atoms with van der Waals surface area (Å²) in [6, 6.07) is 21.0. The highest BCUT2D eigenvalue weighted by Crippen LogP contribution is 2.21. The van der Waals surface area contributed by atoms with Crippen molar-refractivity contribution in [2.75, 3.05) is 0 Å². The van der Waals surface area contributed by atoms with Crippen LogP contribution in [0.4, 0.5) is 0 Å². The fraction of sp³-hybridized carbons (Fsp3) is 0.136. The maximum absolute atomic E-state index is 12.1. The number of aliphatic hydroxyl groups is 1. The van der Waals surface area contributed by atoms with Gasteiger partial charge < -0.3 is 14.6 Å². The Hall–Kier alpha value is -2.53. The number of ether oxygens (including phenoxy) is 2. The van der Waals surface area contributed by atoms with Crippen LogP contribution in [0.5, 0.6) is 5.75 Å². The second-order valence-corrected chi connectivity index (χ2v) is 6.99. The van der Waals surface area contributed by atoms with Crippen LogP contribution < -0.4 is 4.74 Å². The lowest BCUT2D eigenvalue weighted by atomic mass is 10.1. The molecule has 0 aliphatic heterocycles. The van der Waals surface area contributed by atoms with Gasteiger partial charge in [0, 0.05) is 10.0 Å². The molecule has 0 aromatic heterocycles. The molecule has 0 radical (unpaired) electrons. The summed E-state index contributed by atoms with van der Waals surface area (Å²) >= 11 is 11.7. The first kappa shape index (κ1) is 20.2. The molecule has 1 N–H and O–H groups in total. The standard InChI is InChI=1S/C22H18Cl2O4/c23-18-7-1-15(2-8-18)13-27-20-11-5-17(6-12-20)21(25)22(26)28-14-16-3-9-19(24)10-4-16/h1-12,21,25H,13-14H2. The van der Waals surface area contributed by atoms with E-state index in [9.17, 15) is 9.90 Å². The fourth-order valence-corrected chi connectivity index (χ4v) is 2.70. The van der Waals surface area contributed by atoms with E-state index in [1.165, 1.54) is 0 Å². The number of rotatable bonds is 7. The van der Waals surface area contributed by atoms with Crippen LogP contribution in [0.25, 0.3) is 0 Å². The summed E-state index contributed by atoms with van der Waals surface area (Å²) in [5.41, 5.74) is 2.20. The largest absolute Gasteiger partial charge is 0.489 e. The van der Waals surface area contributed by atoms with E-state index in [0.29, 0.717) is 28.0 Å². The van der Waals surface area contributed by atoms with Crippen LogP contribution in [0.2, 0.25) is 10.0 Å². The maximum Gasteiger partial charge on any atom is 0.339 e. The predicted molar refractivity (Wildman–Crippen MR) is 108 cm³/mol. The number of hydrogen-bond donors (Lipinski definition) is 1. The van der Waals surface area contributed by atoms with Crippen LogP contribution >= 0.6 is 23.2 Å². The summed E-state index contributed by atoms with van der Waals surface area (Å²) < 4.78 is 10.8. The molecular formula is C22H18Cl2O4. The molecule has 1 atom stereocenters. The van der Waals surface area contributed by atoms with Gasteiger partial charge in [-0.25, -0.2) is 4.79 Å². The molecule has 0 saturated carbocycles. The van der Waals surface area contributed by atoms with Gasteiger partial charge in [0.15, 0.2) is 6.10 Å². The zero-order valence-electron chi connectivity index (χ0n) is 14.8. The number of benzene rings is 3. The van der Waals surface area contributed by atoms with E-state index in [4.69, 9.17) is 32.7 Å². The third-order valence-corrected chi connectivity index (χ3v) is 4.54. The highest BCUT2D eigenvalue weighted by molar-refractivity contribution is 6.30. The van der Waals surface area contributed by atoms with Crippen molar-refractivity contribution in [3.63, 3.8) is 0 Å². The lowest BCUT2D eigenvalue weighted by Crippen LogP contribution is -2.15. The summed E-state index contributed by atoms with van der Waals surface area (Å²) in [4.78, 5) is 12.1. The molecule has 0 heterocycles. The van der Waals surface area contributed by atoms with Gasteiger partial charge in [-0.15, -0.1) is 0 Å². The SMILES string of the molecule is O=C(OCc1ccc(Cl)cc1)C(O)c1ccc(OCc2ccc(Cl)cc2)cc1. The molecule has 0 saturated heterocycles. The first-order chi connectivity index (χ1) is 13.5. The minimum Gasteiger partial charge on any atom is -0.489 e. The van der Waals surface area contributed by atoms with Crippen LogP contribution in [0.15, 0.2) is 72.8 Å². The molecule has 1 unspecified atom stereocenters. The van der Waals surface area contributed by atoms with Crippen molar-refractivity contribution in [2.45, 2.75) is 19.3 Å². The highest BCUT2D eigenvalue weighted by atomic mass is 35.5. The molecule has 0 aliphatic rings.